The van der Waals surface area contributed by atoms with E-state index >= 15 is 0 Å². The SMILES string of the molecule is CC(C)NC(N)=NCC1(Cc2ccccc2)CCCC1.I. The van der Waals surface area contributed by atoms with Gasteiger partial charge in [-0.15, -0.1) is 24.0 Å². The fourth-order valence-corrected chi connectivity index (χ4v) is 3.14. The lowest BCUT2D eigenvalue weighted by Crippen LogP contribution is -2.38. The summed E-state index contributed by atoms with van der Waals surface area (Å²) in [6, 6.07) is 11.1. The largest absolute Gasteiger partial charge is 0.370 e. The first-order chi connectivity index (χ1) is 9.60. The summed E-state index contributed by atoms with van der Waals surface area (Å²) in [5.41, 5.74) is 7.67. The molecule has 2 rings (SSSR count). The smallest absolute Gasteiger partial charge is 0.188 e. The summed E-state index contributed by atoms with van der Waals surface area (Å²) in [6.45, 7) is 5.00. The van der Waals surface area contributed by atoms with Crippen molar-refractivity contribution in [3.8, 4) is 0 Å². The molecule has 0 saturated heterocycles. The minimum atomic E-state index is 0. The van der Waals surface area contributed by atoms with Crippen molar-refractivity contribution in [1.29, 1.82) is 0 Å². The first-order valence-corrected chi connectivity index (χ1v) is 7.70. The molecule has 3 N–H and O–H groups in total. The van der Waals surface area contributed by atoms with Gasteiger partial charge in [0.2, 0.25) is 0 Å². The number of halogens is 1. The van der Waals surface area contributed by atoms with Crippen LogP contribution < -0.4 is 11.1 Å². The number of aliphatic imine (C=N–C) groups is 1. The van der Waals surface area contributed by atoms with Crippen molar-refractivity contribution in [2.45, 2.75) is 52.0 Å². The maximum Gasteiger partial charge on any atom is 0.188 e. The number of hydrogen-bond donors (Lipinski definition) is 2. The van der Waals surface area contributed by atoms with Crippen LogP contribution in [0.1, 0.15) is 45.1 Å². The molecule has 1 fully saturated rings. The van der Waals surface area contributed by atoms with E-state index in [0.29, 0.717) is 17.4 Å². The lowest BCUT2D eigenvalue weighted by Gasteiger charge is -2.27. The second-order valence-electron chi connectivity index (χ2n) is 6.37. The van der Waals surface area contributed by atoms with Crippen LogP contribution in [-0.4, -0.2) is 18.5 Å². The standard InChI is InChI=1S/C17H27N3.HI/c1-14(2)20-16(18)19-13-17(10-6-7-11-17)12-15-8-4-3-5-9-15;/h3-5,8-9,14H,6-7,10-13H2,1-2H3,(H3,18,19,20);1H. The average Bonchev–Trinajstić information content (AvgIpc) is 2.86. The normalized spacial score (nSPS) is 17.6. The Bertz CT molecular complexity index is 437. The highest BCUT2D eigenvalue weighted by Gasteiger charge is 2.33. The molecule has 0 heterocycles. The molecule has 1 aromatic carbocycles. The quantitative estimate of drug-likeness (QED) is 0.449. The number of guanidine groups is 1. The third kappa shape index (κ3) is 5.85. The first kappa shape index (κ1) is 18.3. The van der Waals surface area contributed by atoms with Gasteiger partial charge in [-0.2, -0.15) is 0 Å². The molecular formula is C17H28IN3. The van der Waals surface area contributed by atoms with E-state index in [-0.39, 0.29) is 24.0 Å². The molecule has 0 spiro atoms. The van der Waals surface area contributed by atoms with Gasteiger partial charge in [0.1, 0.15) is 0 Å². The molecule has 1 saturated carbocycles. The summed E-state index contributed by atoms with van der Waals surface area (Å²) in [6.07, 6.45) is 6.28. The Morgan fingerprint density at radius 1 is 1.24 bits per heavy atom. The predicted octanol–water partition coefficient (Wildman–Crippen LogP) is 3.72. The van der Waals surface area contributed by atoms with Crippen molar-refractivity contribution in [2.24, 2.45) is 16.1 Å². The molecule has 4 heteroatoms. The maximum absolute atomic E-state index is 5.94. The van der Waals surface area contributed by atoms with Gasteiger partial charge in [-0.3, -0.25) is 4.99 Å². The highest BCUT2D eigenvalue weighted by Crippen LogP contribution is 2.41. The van der Waals surface area contributed by atoms with Gasteiger partial charge in [-0.25, -0.2) is 0 Å². The zero-order valence-electron chi connectivity index (χ0n) is 13.1. The highest BCUT2D eigenvalue weighted by atomic mass is 127. The Kier molecular flexibility index (Phi) is 7.49. The predicted molar refractivity (Wildman–Crippen MR) is 101 cm³/mol. The topological polar surface area (TPSA) is 50.4 Å². The minimum absolute atomic E-state index is 0. The van der Waals surface area contributed by atoms with Gasteiger partial charge in [0.25, 0.3) is 0 Å². The molecule has 118 valence electrons. The maximum atomic E-state index is 5.94. The Morgan fingerprint density at radius 3 is 2.43 bits per heavy atom. The van der Waals surface area contributed by atoms with Crippen LogP contribution in [0.5, 0.6) is 0 Å². The van der Waals surface area contributed by atoms with E-state index in [4.69, 9.17) is 5.73 Å². The van der Waals surface area contributed by atoms with E-state index in [0.717, 1.165) is 13.0 Å². The number of rotatable bonds is 5. The lowest BCUT2D eigenvalue weighted by molar-refractivity contribution is 0.307. The van der Waals surface area contributed by atoms with Crippen LogP contribution >= 0.6 is 24.0 Å². The van der Waals surface area contributed by atoms with Gasteiger partial charge in [0, 0.05) is 12.6 Å². The van der Waals surface area contributed by atoms with E-state index in [1.807, 2.05) is 0 Å². The van der Waals surface area contributed by atoms with Crippen LogP contribution in [0.15, 0.2) is 35.3 Å². The number of nitrogens with one attached hydrogen (secondary N) is 1. The monoisotopic (exact) mass is 401 g/mol. The zero-order chi connectivity index (χ0) is 14.4. The van der Waals surface area contributed by atoms with Crippen LogP contribution in [0.3, 0.4) is 0 Å². The summed E-state index contributed by atoms with van der Waals surface area (Å²) in [5.74, 6) is 0.583. The number of nitrogens with two attached hydrogens (primary N) is 1. The molecule has 0 atom stereocenters. The summed E-state index contributed by atoms with van der Waals surface area (Å²) in [5, 5.41) is 3.18. The van der Waals surface area contributed by atoms with E-state index in [1.165, 1.54) is 31.2 Å². The molecule has 0 amide bonds. The van der Waals surface area contributed by atoms with Gasteiger partial charge in [-0.1, -0.05) is 43.2 Å². The third-order valence-electron chi connectivity index (χ3n) is 4.11. The van der Waals surface area contributed by atoms with Crippen molar-refractivity contribution in [3.05, 3.63) is 35.9 Å². The molecule has 0 aliphatic heterocycles. The fraction of sp³-hybridized carbons (Fsp3) is 0.588. The lowest BCUT2D eigenvalue weighted by atomic mass is 9.80. The summed E-state index contributed by atoms with van der Waals surface area (Å²) >= 11 is 0. The molecule has 1 aliphatic carbocycles. The Morgan fingerprint density at radius 2 is 1.86 bits per heavy atom. The second-order valence-corrected chi connectivity index (χ2v) is 6.37. The number of nitrogens with zero attached hydrogens (tertiary/aromatic N) is 1. The zero-order valence-corrected chi connectivity index (χ0v) is 15.5. The van der Waals surface area contributed by atoms with E-state index in [1.54, 1.807) is 0 Å². The van der Waals surface area contributed by atoms with Crippen molar-refractivity contribution < 1.29 is 0 Å². The van der Waals surface area contributed by atoms with Gasteiger partial charge < -0.3 is 11.1 Å². The van der Waals surface area contributed by atoms with Gasteiger partial charge in [0.05, 0.1) is 0 Å². The van der Waals surface area contributed by atoms with Crippen molar-refractivity contribution in [2.75, 3.05) is 6.54 Å². The fourth-order valence-electron chi connectivity index (χ4n) is 3.14. The van der Waals surface area contributed by atoms with Crippen LogP contribution in [0.4, 0.5) is 0 Å². The molecule has 3 nitrogen and oxygen atoms in total. The molecule has 1 aromatic rings. The molecule has 0 unspecified atom stereocenters. The Balaban J connectivity index is 0.00000220. The molecule has 0 aromatic heterocycles. The minimum Gasteiger partial charge on any atom is -0.370 e. The van der Waals surface area contributed by atoms with Crippen LogP contribution in [0.2, 0.25) is 0 Å². The number of hydrogen-bond acceptors (Lipinski definition) is 1. The second kappa shape index (κ2) is 8.61. The van der Waals surface area contributed by atoms with Gasteiger partial charge in [-0.05, 0) is 44.1 Å². The first-order valence-electron chi connectivity index (χ1n) is 7.70. The summed E-state index contributed by atoms with van der Waals surface area (Å²) in [7, 11) is 0. The van der Waals surface area contributed by atoms with E-state index in [2.05, 4.69) is 54.5 Å². The summed E-state index contributed by atoms with van der Waals surface area (Å²) < 4.78 is 0. The van der Waals surface area contributed by atoms with Gasteiger partial charge in [0.15, 0.2) is 5.96 Å². The van der Waals surface area contributed by atoms with Crippen LogP contribution in [0, 0.1) is 5.41 Å². The van der Waals surface area contributed by atoms with Gasteiger partial charge >= 0.3 is 0 Å². The van der Waals surface area contributed by atoms with Crippen molar-refractivity contribution >= 4 is 29.9 Å². The van der Waals surface area contributed by atoms with E-state index in [9.17, 15) is 0 Å². The number of benzene rings is 1. The van der Waals surface area contributed by atoms with Crippen LogP contribution in [0.25, 0.3) is 0 Å². The van der Waals surface area contributed by atoms with E-state index < -0.39 is 0 Å². The third-order valence-corrected chi connectivity index (χ3v) is 4.11. The van der Waals surface area contributed by atoms with Crippen molar-refractivity contribution in [3.63, 3.8) is 0 Å². The molecule has 1 aliphatic rings. The Hall–Kier alpha value is -0.780. The highest BCUT2D eigenvalue weighted by molar-refractivity contribution is 14.0. The summed E-state index contributed by atoms with van der Waals surface area (Å²) in [4.78, 5) is 4.60. The molecular weight excluding hydrogens is 373 g/mol. The molecule has 0 bridgehead atoms. The van der Waals surface area contributed by atoms with Crippen molar-refractivity contribution in [1.82, 2.24) is 5.32 Å². The molecule has 21 heavy (non-hydrogen) atoms. The average molecular weight is 401 g/mol. The Labute approximate surface area is 145 Å². The van der Waals surface area contributed by atoms with Crippen LogP contribution in [-0.2, 0) is 6.42 Å². The molecule has 0 radical (unpaired) electrons.